The fourth-order valence-electron chi connectivity index (χ4n) is 4.04. The van der Waals surface area contributed by atoms with E-state index in [0.717, 1.165) is 37.4 Å². The van der Waals surface area contributed by atoms with Gasteiger partial charge in [0.25, 0.3) is 11.8 Å². The molecule has 1 fully saturated rings. The lowest BCUT2D eigenvalue weighted by molar-refractivity contribution is -0.272. The third-order valence-corrected chi connectivity index (χ3v) is 6.05. The van der Waals surface area contributed by atoms with Gasteiger partial charge in [0, 0.05) is 23.6 Å². The molecule has 1 aliphatic heterocycles. The second-order valence-electron chi connectivity index (χ2n) is 8.10. The van der Waals surface area contributed by atoms with Gasteiger partial charge in [-0.05, 0) is 32.0 Å². The molecule has 0 saturated carbocycles. The first-order valence-electron chi connectivity index (χ1n) is 10.4. The van der Waals surface area contributed by atoms with Gasteiger partial charge < -0.3 is 20.4 Å². The molecule has 1 aliphatic rings. The number of aromatic nitrogens is 1. The first kappa shape index (κ1) is 26.1. The van der Waals surface area contributed by atoms with Gasteiger partial charge in [0.2, 0.25) is 5.82 Å². The van der Waals surface area contributed by atoms with Crippen LogP contribution in [0, 0.1) is 17.6 Å². The van der Waals surface area contributed by atoms with Crippen molar-refractivity contribution in [2.75, 3.05) is 6.61 Å². The summed E-state index contributed by atoms with van der Waals surface area (Å²) < 4.78 is 81.3. The van der Waals surface area contributed by atoms with E-state index in [2.05, 4.69) is 4.99 Å². The highest BCUT2D eigenvalue weighted by Crippen LogP contribution is 2.55. The Kier molecular flexibility index (Phi) is 6.93. The van der Waals surface area contributed by atoms with Gasteiger partial charge in [0.1, 0.15) is 11.8 Å². The number of carbonyl (C=O) groups is 2. The predicted octanol–water partition coefficient (Wildman–Crippen LogP) is 3.07. The van der Waals surface area contributed by atoms with E-state index in [-0.39, 0.29) is 17.5 Å². The monoisotopic (exact) mass is 503 g/mol. The largest absolute Gasteiger partial charge is 0.490 e. The van der Waals surface area contributed by atoms with Crippen molar-refractivity contribution in [3.8, 4) is 5.75 Å². The van der Waals surface area contributed by atoms with Crippen LogP contribution in [0.5, 0.6) is 5.75 Å². The average molecular weight is 503 g/mol. The number of primary amides is 1. The van der Waals surface area contributed by atoms with Crippen molar-refractivity contribution in [1.29, 1.82) is 0 Å². The van der Waals surface area contributed by atoms with Gasteiger partial charge in [0.15, 0.2) is 17.2 Å². The maximum atomic E-state index is 14.5. The quantitative estimate of drug-likeness (QED) is 0.481. The average Bonchev–Trinajstić information content (AvgIpc) is 3.05. The van der Waals surface area contributed by atoms with Crippen molar-refractivity contribution >= 4 is 11.8 Å². The lowest BCUT2D eigenvalue weighted by Crippen LogP contribution is -2.47. The van der Waals surface area contributed by atoms with Crippen LogP contribution in [0.15, 0.2) is 35.5 Å². The van der Waals surface area contributed by atoms with Gasteiger partial charge in [-0.15, -0.1) is 0 Å². The number of alkyl halides is 3. The zero-order chi connectivity index (χ0) is 26.3. The highest BCUT2D eigenvalue weighted by atomic mass is 19.4. The molecule has 8 nitrogen and oxygen atoms in total. The number of hydrogen-bond acceptors (Lipinski definition) is 5. The van der Waals surface area contributed by atoms with E-state index in [1.807, 2.05) is 0 Å². The summed E-state index contributed by atoms with van der Waals surface area (Å²) in [6.07, 6.45) is -5.86. The molecule has 35 heavy (non-hydrogen) atoms. The van der Waals surface area contributed by atoms with E-state index < -0.39 is 64.6 Å². The number of amides is 2. The number of carbonyl (C=O) groups excluding carboxylic acids is 2. The van der Waals surface area contributed by atoms with Crippen molar-refractivity contribution in [2.24, 2.45) is 16.6 Å². The lowest BCUT2D eigenvalue weighted by atomic mass is 9.77. The Balaban J connectivity index is 2.19. The minimum atomic E-state index is -4.93. The molecule has 0 aliphatic carbocycles. The summed E-state index contributed by atoms with van der Waals surface area (Å²) in [7, 11) is 0. The molecule has 1 saturated heterocycles. The molecular formula is C22H22F5N3O5. The first-order valence-corrected chi connectivity index (χ1v) is 10.4. The molecule has 3 N–H and O–H groups in total. The molecule has 0 radical (unpaired) electrons. The van der Waals surface area contributed by atoms with E-state index in [1.165, 1.54) is 13.8 Å². The van der Waals surface area contributed by atoms with Gasteiger partial charge in [0.05, 0.1) is 12.0 Å². The Bertz CT molecular complexity index is 1230. The van der Waals surface area contributed by atoms with Gasteiger partial charge in [-0.3, -0.25) is 9.59 Å². The summed E-state index contributed by atoms with van der Waals surface area (Å²) in [5, 5.41) is 9.42. The minimum absolute atomic E-state index is 0.129. The first-order chi connectivity index (χ1) is 16.2. The smallest absolute Gasteiger partial charge is 0.417 e. The van der Waals surface area contributed by atoms with Crippen molar-refractivity contribution in [3.63, 3.8) is 0 Å². The molecule has 0 spiro atoms. The number of nitrogens with zero attached hydrogens (tertiary/aromatic N) is 2. The van der Waals surface area contributed by atoms with Crippen LogP contribution in [-0.4, -0.2) is 46.2 Å². The molecular weight excluding hydrogens is 481 g/mol. The number of ether oxygens (including phenoxy) is 2. The fourth-order valence-corrected chi connectivity index (χ4v) is 4.04. The Morgan fingerprint density at radius 3 is 2.51 bits per heavy atom. The normalized spacial score (nSPS) is 25.0. The van der Waals surface area contributed by atoms with E-state index in [4.69, 9.17) is 15.2 Å². The molecule has 2 aromatic rings. The summed E-state index contributed by atoms with van der Waals surface area (Å²) in [5.74, 6) is -8.46. The van der Waals surface area contributed by atoms with E-state index >= 15 is 0 Å². The maximum Gasteiger partial charge on any atom is 0.417 e. The number of benzene rings is 1. The maximum absolute atomic E-state index is 14.5. The number of nitrogens with two attached hydrogens (primary N) is 1. The molecule has 4 atom stereocenters. The van der Waals surface area contributed by atoms with Crippen molar-refractivity contribution in [1.82, 2.24) is 4.73 Å². The van der Waals surface area contributed by atoms with Gasteiger partial charge in [-0.2, -0.15) is 22.3 Å². The molecule has 13 heteroatoms. The minimum Gasteiger partial charge on any atom is -0.490 e. The summed E-state index contributed by atoms with van der Waals surface area (Å²) in [4.78, 5) is 28.3. The molecule has 1 aromatic carbocycles. The number of pyridine rings is 1. The molecule has 2 amide bonds. The Morgan fingerprint density at radius 1 is 1.29 bits per heavy atom. The Labute approximate surface area is 195 Å². The van der Waals surface area contributed by atoms with Crippen molar-refractivity contribution in [3.05, 3.63) is 58.7 Å². The van der Waals surface area contributed by atoms with Crippen LogP contribution in [0.25, 0.3) is 0 Å². The summed E-state index contributed by atoms with van der Waals surface area (Å²) in [6.45, 7) is 3.26. The third-order valence-electron chi connectivity index (χ3n) is 6.05. The molecule has 190 valence electrons. The Morgan fingerprint density at radius 2 is 1.94 bits per heavy atom. The van der Waals surface area contributed by atoms with E-state index in [1.54, 1.807) is 0 Å². The fraction of sp³-hybridized carbons (Fsp3) is 0.409. The van der Waals surface area contributed by atoms with E-state index in [9.17, 15) is 36.7 Å². The summed E-state index contributed by atoms with van der Waals surface area (Å²) in [5.41, 5.74) is 1.65. The second kappa shape index (κ2) is 9.29. The summed E-state index contributed by atoms with van der Waals surface area (Å²) in [6, 6.07) is 3.81. The van der Waals surface area contributed by atoms with Crippen LogP contribution in [0.2, 0.25) is 0 Å². The van der Waals surface area contributed by atoms with Crippen molar-refractivity contribution in [2.45, 2.75) is 44.6 Å². The van der Waals surface area contributed by atoms with Crippen molar-refractivity contribution < 1.29 is 46.2 Å². The second-order valence-corrected chi connectivity index (χ2v) is 8.10. The van der Waals surface area contributed by atoms with Crippen LogP contribution < -0.4 is 15.8 Å². The summed E-state index contributed by atoms with van der Waals surface area (Å²) >= 11 is 0. The molecule has 1 aromatic heterocycles. The molecule has 3 rings (SSSR count). The highest BCUT2D eigenvalue weighted by Gasteiger charge is 2.65. The highest BCUT2D eigenvalue weighted by molar-refractivity contribution is 5.91. The number of halogens is 5. The SMILES string of the molecule is CCOc1c([C@H]2[C@H](C(=O)N=c3ccn(O)c(C(N)=O)c3)O[C@@](C)(C(F)(F)F)[C@H]2C)ccc(F)c1F. The third kappa shape index (κ3) is 4.59. The van der Waals surface area contributed by atoms with E-state index in [0.29, 0.717) is 4.73 Å². The number of rotatable bonds is 5. The van der Waals surface area contributed by atoms with Crippen LogP contribution in [0.4, 0.5) is 22.0 Å². The predicted molar refractivity (Wildman–Crippen MR) is 109 cm³/mol. The van der Waals surface area contributed by atoms with Gasteiger partial charge in [-0.1, -0.05) is 13.0 Å². The molecule has 0 unspecified atom stereocenters. The lowest BCUT2D eigenvalue weighted by Gasteiger charge is -2.32. The zero-order valence-electron chi connectivity index (χ0n) is 18.8. The molecule has 0 bridgehead atoms. The Hall–Kier alpha value is -3.48. The van der Waals surface area contributed by atoms with Gasteiger partial charge in [-0.25, -0.2) is 9.38 Å². The van der Waals surface area contributed by atoms with Crippen LogP contribution in [0.3, 0.4) is 0 Å². The topological polar surface area (TPSA) is 116 Å². The standard InChI is InChI=1S/C22H22F5N3O5/c1-4-34-17-12(5-6-13(23)16(17)24)15-10(2)21(3,22(25,26)27)35-18(15)20(32)29-11-7-8-30(33)14(9-11)19(28)31/h5-10,15,18,33H,4H2,1-3H3,(H2,28,31)/t10-,15-,18+,21+/m0/s1. The van der Waals surface area contributed by atoms with Crippen LogP contribution in [0.1, 0.15) is 42.7 Å². The van der Waals surface area contributed by atoms with Crippen LogP contribution in [-0.2, 0) is 9.53 Å². The number of hydrogen-bond donors (Lipinski definition) is 2. The van der Waals surface area contributed by atoms with Crippen LogP contribution >= 0.6 is 0 Å². The molecule has 2 heterocycles. The van der Waals surface area contributed by atoms with Gasteiger partial charge >= 0.3 is 6.18 Å². The zero-order valence-corrected chi connectivity index (χ0v) is 18.8.